The van der Waals surface area contributed by atoms with E-state index in [4.69, 9.17) is 0 Å². The van der Waals surface area contributed by atoms with E-state index in [1.165, 1.54) is 19.3 Å². The van der Waals surface area contributed by atoms with Crippen LogP contribution in [0.1, 0.15) is 71.6 Å². The summed E-state index contributed by atoms with van der Waals surface area (Å²) in [6.07, 6.45) is 9.89. The van der Waals surface area contributed by atoms with Crippen molar-refractivity contribution in [3.63, 3.8) is 0 Å². The number of carbonyl (C=O) groups is 2. The van der Waals surface area contributed by atoms with Crippen molar-refractivity contribution >= 4 is 11.8 Å². The number of nitrogens with zero attached hydrogens (tertiary/aromatic N) is 1. The molecule has 1 saturated heterocycles. The molecule has 0 aromatic heterocycles. The summed E-state index contributed by atoms with van der Waals surface area (Å²) in [5.74, 6) is 0.330. The van der Waals surface area contributed by atoms with Crippen LogP contribution in [0, 0.1) is 5.41 Å². The first-order valence-corrected chi connectivity index (χ1v) is 8.69. The Kier molecular flexibility index (Phi) is 3.98. The van der Waals surface area contributed by atoms with E-state index in [0.29, 0.717) is 6.04 Å². The Hall–Kier alpha value is -1.06. The third-order valence-electron chi connectivity index (χ3n) is 5.71. The second kappa shape index (κ2) is 5.62. The van der Waals surface area contributed by atoms with Crippen LogP contribution in [0.3, 0.4) is 0 Å². The lowest BCUT2D eigenvalue weighted by Gasteiger charge is -2.55. The fourth-order valence-electron chi connectivity index (χ4n) is 4.62. The first-order chi connectivity index (χ1) is 10.1. The van der Waals surface area contributed by atoms with Gasteiger partial charge in [0.2, 0.25) is 11.8 Å². The molecule has 0 aromatic rings. The van der Waals surface area contributed by atoms with Crippen LogP contribution in [0.4, 0.5) is 0 Å². The molecule has 1 spiro atoms. The predicted molar refractivity (Wildman–Crippen MR) is 81.7 cm³/mol. The van der Waals surface area contributed by atoms with Crippen LogP contribution in [-0.4, -0.2) is 34.8 Å². The maximum absolute atomic E-state index is 12.8. The van der Waals surface area contributed by atoms with Gasteiger partial charge in [-0.1, -0.05) is 32.1 Å². The molecule has 1 heterocycles. The van der Waals surface area contributed by atoms with Gasteiger partial charge >= 0.3 is 0 Å². The number of amides is 2. The van der Waals surface area contributed by atoms with Gasteiger partial charge in [-0.2, -0.15) is 0 Å². The lowest BCUT2D eigenvalue weighted by Crippen LogP contribution is -2.74. The van der Waals surface area contributed by atoms with Gasteiger partial charge < -0.3 is 10.2 Å². The van der Waals surface area contributed by atoms with Gasteiger partial charge in [0.25, 0.3) is 0 Å². The van der Waals surface area contributed by atoms with Crippen molar-refractivity contribution in [1.82, 2.24) is 10.2 Å². The first kappa shape index (κ1) is 14.9. The van der Waals surface area contributed by atoms with Gasteiger partial charge in [-0.3, -0.25) is 9.59 Å². The molecule has 1 atom stereocenters. The minimum absolute atomic E-state index is 0.108. The highest BCUT2D eigenvalue weighted by molar-refractivity contribution is 6.02. The largest absolute Gasteiger partial charge is 0.352 e. The number of rotatable bonds is 3. The number of β-lactam (4-membered cyclic amide) rings is 1. The van der Waals surface area contributed by atoms with E-state index >= 15 is 0 Å². The third-order valence-corrected chi connectivity index (χ3v) is 5.71. The minimum atomic E-state index is -0.358. The minimum Gasteiger partial charge on any atom is -0.352 e. The Morgan fingerprint density at radius 2 is 1.76 bits per heavy atom. The predicted octanol–water partition coefficient (Wildman–Crippen LogP) is 2.61. The zero-order valence-electron chi connectivity index (χ0n) is 13.4. The van der Waals surface area contributed by atoms with Gasteiger partial charge in [-0.15, -0.1) is 0 Å². The zero-order chi connectivity index (χ0) is 15.0. The van der Waals surface area contributed by atoms with Gasteiger partial charge in [0.05, 0.1) is 5.41 Å². The molecule has 0 bridgehead atoms. The summed E-state index contributed by atoms with van der Waals surface area (Å²) in [7, 11) is 0. The highest BCUT2D eigenvalue weighted by Crippen LogP contribution is 2.52. The summed E-state index contributed by atoms with van der Waals surface area (Å²) in [6, 6.07) is 0.231. The Labute approximate surface area is 127 Å². The lowest BCUT2D eigenvalue weighted by atomic mass is 9.68. The number of hydrogen-bond acceptors (Lipinski definition) is 2. The summed E-state index contributed by atoms with van der Waals surface area (Å²) in [4.78, 5) is 27.2. The molecule has 1 N–H and O–H groups in total. The van der Waals surface area contributed by atoms with E-state index in [1.807, 2.05) is 18.7 Å². The quantitative estimate of drug-likeness (QED) is 0.813. The van der Waals surface area contributed by atoms with Crippen molar-refractivity contribution in [3.8, 4) is 0 Å². The van der Waals surface area contributed by atoms with Crippen LogP contribution in [0.2, 0.25) is 0 Å². The molecule has 0 radical (unpaired) electrons. The fraction of sp³-hybridized carbons (Fsp3) is 0.882. The number of hydrogen-bond donors (Lipinski definition) is 1. The standard InChI is InChI=1S/C17H28N2O2/c1-12(2)19-14(17(16(19)21)10-6-7-11-17)15(20)18-13-8-4-3-5-9-13/h12-14H,3-11H2,1-2H3,(H,18,20). The topological polar surface area (TPSA) is 49.4 Å². The Morgan fingerprint density at radius 3 is 2.33 bits per heavy atom. The van der Waals surface area contributed by atoms with Crippen molar-refractivity contribution in [1.29, 1.82) is 0 Å². The number of carbonyl (C=O) groups excluding carboxylic acids is 2. The smallest absolute Gasteiger partial charge is 0.244 e. The van der Waals surface area contributed by atoms with Gasteiger partial charge in [0, 0.05) is 12.1 Å². The highest BCUT2D eigenvalue weighted by atomic mass is 16.2. The molecule has 21 heavy (non-hydrogen) atoms. The molecule has 3 rings (SSSR count). The van der Waals surface area contributed by atoms with Crippen LogP contribution >= 0.6 is 0 Å². The Morgan fingerprint density at radius 1 is 1.14 bits per heavy atom. The van der Waals surface area contributed by atoms with Crippen LogP contribution < -0.4 is 5.32 Å². The third kappa shape index (κ3) is 2.36. The summed E-state index contributed by atoms with van der Waals surface area (Å²) in [6.45, 7) is 4.03. The average Bonchev–Trinajstić information content (AvgIpc) is 2.96. The maximum atomic E-state index is 12.8. The molecule has 2 saturated carbocycles. The van der Waals surface area contributed by atoms with E-state index in [1.54, 1.807) is 0 Å². The normalized spacial score (nSPS) is 29.0. The zero-order valence-corrected chi connectivity index (χ0v) is 13.4. The monoisotopic (exact) mass is 292 g/mol. The molecule has 4 heteroatoms. The Balaban J connectivity index is 1.73. The van der Waals surface area contributed by atoms with Crippen LogP contribution in [-0.2, 0) is 9.59 Å². The van der Waals surface area contributed by atoms with Crippen molar-refractivity contribution < 1.29 is 9.59 Å². The van der Waals surface area contributed by atoms with E-state index in [-0.39, 0.29) is 29.3 Å². The van der Waals surface area contributed by atoms with Gasteiger partial charge in [0.15, 0.2) is 0 Å². The maximum Gasteiger partial charge on any atom is 0.244 e. The second-order valence-corrected chi connectivity index (χ2v) is 7.42. The molecule has 3 fully saturated rings. The van der Waals surface area contributed by atoms with E-state index in [2.05, 4.69) is 5.32 Å². The summed E-state index contributed by atoms with van der Waals surface area (Å²) < 4.78 is 0. The SMILES string of the molecule is CC(C)N1C(=O)C2(CCCC2)C1C(=O)NC1CCCCC1. The van der Waals surface area contributed by atoms with Gasteiger partial charge in [0.1, 0.15) is 6.04 Å². The van der Waals surface area contributed by atoms with Gasteiger partial charge in [-0.05, 0) is 39.5 Å². The van der Waals surface area contributed by atoms with Gasteiger partial charge in [-0.25, -0.2) is 0 Å². The number of likely N-dealkylation sites (tertiary alicyclic amines) is 1. The van der Waals surface area contributed by atoms with Crippen molar-refractivity contribution in [3.05, 3.63) is 0 Å². The van der Waals surface area contributed by atoms with Crippen LogP contribution in [0.25, 0.3) is 0 Å². The van der Waals surface area contributed by atoms with Crippen molar-refractivity contribution in [2.45, 2.75) is 89.8 Å². The fourth-order valence-corrected chi connectivity index (χ4v) is 4.62. The second-order valence-electron chi connectivity index (χ2n) is 7.42. The van der Waals surface area contributed by atoms with Crippen molar-refractivity contribution in [2.24, 2.45) is 5.41 Å². The molecule has 4 nitrogen and oxygen atoms in total. The number of nitrogens with one attached hydrogen (secondary N) is 1. The van der Waals surface area contributed by atoms with E-state index < -0.39 is 0 Å². The molecule has 0 aromatic carbocycles. The molecular formula is C17H28N2O2. The molecule has 118 valence electrons. The summed E-state index contributed by atoms with van der Waals surface area (Å²) >= 11 is 0. The summed E-state index contributed by atoms with van der Waals surface area (Å²) in [5.41, 5.74) is -0.358. The molecule has 3 aliphatic rings. The first-order valence-electron chi connectivity index (χ1n) is 8.69. The van der Waals surface area contributed by atoms with E-state index in [0.717, 1.165) is 38.5 Å². The molecule has 2 amide bonds. The molecular weight excluding hydrogens is 264 g/mol. The molecule has 1 aliphatic heterocycles. The Bertz CT molecular complexity index is 421. The molecule has 2 aliphatic carbocycles. The average molecular weight is 292 g/mol. The summed E-state index contributed by atoms with van der Waals surface area (Å²) in [5, 5.41) is 3.24. The van der Waals surface area contributed by atoms with Crippen molar-refractivity contribution in [2.75, 3.05) is 0 Å². The van der Waals surface area contributed by atoms with Crippen LogP contribution in [0.5, 0.6) is 0 Å². The van der Waals surface area contributed by atoms with E-state index in [9.17, 15) is 9.59 Å². The molecule has 1 unspecified atom stereocenters. The highest BCUT2D eigenvalue weighted by Gasteiger charge is 2.64. The van der Waals surface area contributed by atoms with Crippen LogP contribution in [0.15, 0.2) is 0 Å². The lowest BCUT2D eigenvalue weighted by molar-refractivity contribution is -0.181.